The summed E-state index contributed by atoms with van der Waals surface area (Å²) in [4.78, 5) is 46.7. The van der Waals surface area contributed by atoms with Crippen LogP contribution in [0.25, 0.3) is 10.8 Å². The van der Waals surface area contributed by atoms with Crippen LogP contribution in [0, 0.1) is 5.92 Å². The number of anilines is 1. The molecule has 0 aliphatic carbocycles. The number of nitrogens with one attached hydrogen (secondary N) is 3. The molecule has 1 aliphatic heterocycles. The first kappa shape index (κ1) is 26.3. The minimum absolute atomic E-state index is 0.0490. The number of aryl methyl sites for hydroxylation is 1. The van der Waals surface area contributed by atoms with Gasteiger partial charge in [-0.3, -0.25) is 24.6 Å². The Morgan fingerprint density at radius 3 is 2.70 bits per heavy atom. The molecule has 2 heterocycles. The summed E-state index contributed by atoms with van der Waals surface area (Å²) in [6, 6.07) is 14.0. The van der Waals surface area contributed by atoms with Crippen LogP contribution in [0.15, 0.2) is 48.7 Å². The first-order valence-electron chi connectivity index (χ1n) is 12.6. The zero-order valence-electron chi connectivity index (χ0n) is 20.9. The Kier molecular flexibility index (Phi) is 9.23. The minimum atomic E-state index is -0.603. The standard InChI is InChI=1S/C27H34N6O4/c28-24(34)9-8-22-18-30-27(31-22)32-26(36)21(16-20-6-3-5-19-4-1-2-7-23(19)20)17-25(35)29-10-11-33-12-14-37-15-13-33/h1-7,18,21H,8-17H2,(H2,28,34)(H,29,35)(H2,30,31,32,36). The lowest BCUT2D eigenvalue weighted by Gasteiger charge is -2.26. The van der Waals surface area contributed by atoms with Gasteiger partial charge in [-0.05, 0) is 29.2 Å². The Bertz CT molecular complexity index is 1220. The Morgan fingerprint density at radius 2 is 1.89 bits per heavy atom. The van der Waals surface area contributed by atoms with E-state index in [0.29, 0.717) is 38.3 Å². The molecule has 5 N–H and O–H groups in total. The maximum atomic E-state index is 13.3. The van der Waals surface area contributed by atoms with Gasteiger partial charge in [0, 0.05) is 44.7 Å². The molecular formula is C27H34N6O4. The third-order valence-corrected chi connectivity index (χ3v) is 6.51. The summed E-state index contributed by atoms with van der Waals surface area (Å²) in [6.45, 7) is 4.38. The molecule has 1 aromatic heterocycles. The smallest absolute Gasteiger partial charge is 0.230 e. The second kappa shape index (κ2) is 13.0. The van der Waals surface area contributed by atoms with Gasteiger partial charge in [-0.2, -0.15) is 0 Å². The molecule has 0 bridgehead atoms. The fourth-order valence-electron chi connectivity index (χ4n) is 4.49. The van der Waals surface area contributed by atoms with Crippen LogP contribution in [0.5, 0.6) is 0 Å². The molecule has 1 saturated heterocycles. The van der Waals surface area contributed by atoms with Gasteiger partial charge in [0.1, 0.15) is 0 Å². The summed E-state index contributed by atoms with van der Waals surface area (Å²) in [6.07, 6.45) is 2.61. The zero-order chi connectivity index (χ0) is 26.0. The number of fused-ring (bicyclic) bond motifs is 1. The lowest BCUT2D eigenvalue weighted by atomic mass is 9.91. The molecular weight excluding hydrogens is 472 g/mol. The van der Waals surface area contributed by atoms with Crippen LogP contribution in [-0.2, 0) is 32.0 Å². The Hall–Kier alpha value is -3.76. The maximum Gasteiger partial charge on any atom is 0.230 e. The summed E-state index contributed by atoms with van der Waals surface area (Å²) in [7, 11) is 0. The lowest BCUT2D eigenvalue weighted by molar-refractivity contribution is -0.127. The van der Waals surface area contributed by atoms with Crippen molar-refractivity contribution in [3.8, 4) is 0 Å². The van der Waals surface area contributed by atoms with Gasteiger partial charge in [0.15, 0.2) is 0 Å². The van der Waals surface area contributed by atoms with E-state index in [4.69, 9.17) is 10.5 Å². The third-order valence-electron chi connectivity index (χ3n) is 6.51. The number of H-pyrrole nitrogens is 1. The number of ether oxygens (including phenoxy) is 1. The number of nitrogens with zero attached hydrogens (tertiary/aromatic N) is 2. The Morgan fingerprint density at radius 1 is 1.11 bits per heavy atom. The van der Waals surface area contributed by atoms with Crippen molar-refractivity contribution >= 4 is 34.4 Å². The molecule has 196 valence electrons. The second-order valence-electron chi connectivity index (χ2n) is 9.26. The Labute approximate surface area is 215 Å². The average molecular weight is 507 g/mol. The molecule has 1 fully saturated rings. The highest BCUT2D eigenvalue weighted by molar-refractivity contribution is 5.95. The Balaban J connectivity index is 1.42. The number of rotatable bonds is 12. The molecule has 3 aromatic rings. The number of hydrogen-bond acceptors (Lipinski definition) is 6. The molecule has 0 spiro atoms. The van der Waals surface area contributed by atoms with E-state index < -0.39 is 11.8 Å². The van der Waals surface area contributed by atoms with Crippen molar-refractivity contribution in [1.82, 2.24) is 20.2 Å². The van der Waals surface area contributed by atoms with Crippen LogP contribution >= 0.6 is 0 Å². The number of benzene rings is 2. The number of morpholine rings is 1. The topological polar surface area (TPSA) is 142 Å². The quantitative estimate of drug-likeness (QED) is 0.294. The van der Waals surface area contributed by atoms with Gasteiger partial charge in [-0.15, -0.1) is 0 Å². The summed E-state index contributed by atoms with van der Waals surface area (Å²) >= 11 is 0. The number of imidazole rings is 1. The molecule has 0 radical (unpaired) electrons. The monoisotopic (exact) mass is 506 g/mol. The predicted molar refractivity (Wildman–Crippen MR) is 141 cm³/mol. The van der Waals surface area contributed by atoms with Gasteiger partial charge in [0.2, 0.25) is 23.7 Å². The number of amides is 3. The van der Waals surface area contributed by atoms with Crippen molar-refractivity contribution in [3.63, 3.8) is 0 Å². The van der Waals surface area contributed by atoms with Crippen LogP contribution in [0.3, 0.4) is 0 Å². The molecule has 2 aromatic carbocycles. The first-order valence-corrected chi connectivity index (χ1v) is 12.6. The van der Waals surface area contributed by atoms with Crippen LogP contribution in [0.4, 0.5) is 5.95 Å². The van der Waals surface area contributed by atoms with E-state index in [1.54, 1.807) is 6.20 Å². The molecule has 37 heavy (non-hydrogen) atoms. The number of aromatic nitrogens is 2. The summed E-state index contributed by atoms with van der Waals surface area (Å²) in [5.41, 5.74) is 6.91. The number of nitrogens with two attached hydrogens (primary N) is 1. The number of carbonyl (C=O) groups excluding carboxylic acids is 3. The third kappa shape index (κ3) is 7.86. The van der Waals surface area contributed by atoms with Crippen molar-refractivity contribution in [2.24, 2.45) is 11.7 Å². The minimum Gasteiger partial charge on any atom is -0.379 e. The van der Waals surface area contributed by atoms with Crippen LogP contribution in [-0.4, -0.2) is 72.0 Å². The van der Waals surface area contributed by atoms with Crippen molar-refractivity contribution in [1.29, 1.82) is 0 Å². The van der Waals surface area contributed by atoms with Crippen molar-refractivity contribution in [2.75, 3.05) is 44.7 Å². The number of hydrogen-bond donors (Lipinski definition) is 4. The lowest BCUT2D eigenvalue weighted by Crippen LogP contribution is -2.42. The first-order chi connectivity index (χ1) is 18.0. The van der Waals surface area contributed by atoms with Crippen LogP contribution in [0.2, 0.25) is 0 Å². The summed E-state index contributed by atoms with van der Waals surface area (Å²) < 4.78 is 5.37. The molecule has 10 nitrogen and oxygen atoms in total. The van der Waals surface area contributed by atoms with Gasteiger partial charge >= 0.3 is 0 Å². The van der Waals surface area contributed by atoms with E-state index in [0.717, 1.165) is 36.0 Å². The average Bonchev–Trinajstić information content (AvgIpc) is 3.35. The molecule has 0 saturated carbocycles. The highest BCUT2D eigenvalue weighted by atomic mass is 16.5. The van der Waals surface area contributed by atoms with Gasteiger partial charge in [0.25, 0.3) is 0 Å². The molecule has 4 rings (SSSR count). The maximum absolute atomic E-state index is 13.3. The van der Waals surface area contributed by atoms with Crippen molar-refractivity contribution in [3.05, 3.63) is 59.9 Å². The predicted octanol–water partition coefficient (Wildman–Crippen LogP) is 1.62. The normalized spacial score (nSPS) is 14.8. The summed E-state index contributed by atoms with van der Waals surface area (Å²) in [5, 5.41) is 7.91. The van der Waals surface area contributed by atoms with Gasteiger partial charge in [0.05, 0.1) is 25.3 Å². The molecule has 10 heteroatoms. The van der Waals surface area contributed by atoms with Crippen molar-refractivity contribution in [2.45, 2.75) is 25.7 Å². The van der Waals surface area contributed by atoms with E-state index in [9.17, 15) is 14.4 Å². The highest BCUT2D eigenvalue weighted by Gasteiger charge is 2.24. The van der Waals surface area contributed by atoms with E-state index in [2.05, 4.69) is 25.5 Å². The molecule has 1 aliphatic rings. The van der Waals surface area contributed by atoms with Gasteiger partial charge in [-0.25, -0.2) is 4.98 Å². The van der Waals surface area contributed by atoms with Crippen molar-refractivity contribution < 1.29 is 19.1 Å². The van der Waals surface area contributed by atoms with E-state index >= 15 is 0 Å². The second-order valence-corrected chi connectivity index (χ2v) is 9.26. The zero-order valence-corrected chi connectivity index (χ0v) is 20.9. The fourth-order valence-corrected chi connectivity index (χ4v) is 4.49. The largest absolute Gasteiger partial charge is 0.379 e. The molecule has 3 amide bonds. The number of primary amides is 1. The van der Waals surface area contributed by atoms with E-state index in [-0.39, 0.29) is 30.6 Å². The van der Waals surface area contributed by atoms with Gasteiger partial charge in [-0.1, -0.05) is 42.5 Å². The molecule has 1 unspecified atom stereocenters. The van der Waals surface area contributed by atoms with Crippen LogP contribution < -0.4 is 16.4 Å². The van der Waals surface area contributed by atoms with E-state index in [1.807, 2.05) is 42.5 Å². The fraction of sp³-hybridized carbons (Fsp3) is 0.407. The number of aromatic amines is 1. The molecule has 1 atom stereocenters. The van der Waals surface area contributed by atoms with Crippen LogP contribution in [0.1, 0.15) is 24.1 Å². The number of carbonyl (C=O) groups is 3. The SMILES string of the molecule is NC(=O)CCc1cnc(NC(=O)C(CC(=O)NCCN2CCOCC2)Cc2cccc3ccccc23)[nH]1. The highest BCUT2D eigenvalue weighted by Crippen LogP contribution is 2.23. The van der Waals surface area contributed by atoms with Gasteiger partial charge < -0.3 is 20.8 Å². The van der Waals surface area contributed by atoms with E-state index in [1.165, 1.54) is 0 Å². The summed E-state index contributed by atoms with van der Waals surface area (Å²) in [5.74, 6) is -1.20.